The van der Waals surface area contributed by atoms with E-state index in [1.165, 1.54) is 11.8 Å². The van der Waals surface area contributed by atoms with Gasteiger partial charge in [0.15, 0.2) is 0 Å². The zero-order valence-electron chi connectivity index (χ0n) is 11.0. The second-order valence-electron chi connectivity index (χ2n) is 5.38. The number of carbonyl (C=O) groups is 1. The molecule has 0 spiro atoms. The van der Waals surface area contributed by atoms with E-state index in [1.807, 2.05) is 26.8 Å². The molecular weight excluding hydrogens is 278 g/mol. The van der Waals surface area contributed by atoms with Crippen LogP contribution in [0.25, 0.3) is 6.08 Å². The molecule has 0 aromatic heterocycles. The second-order valence-corrected chi connectivity index (χ2v) is 7.10. The molecule has 0 unspecified atom stereocenters. The highest BCUT2D eigenvalue weighted by Crippen LogP contribution is 2.33. The number of phenolic OH excluding ortho intramolecular Hbond substituents is 1. The molecule has 0 atom stereocenters. The van der Waals surface area contributed by atoms with Gasteiger partial charge in [0, 0.05) is 0 Å². The molecule has 1 heterocycles. The van der Waals surface area contributed by atoms with Crippen molar-refractivity contribution in [2.75, 3.05) is 0 Å². The summed E-state index contributed by atoms with van der Waals surface area (Å²) in [4.78, 5) is 12.2. The van der Waals surface area contributed by atoms with Crippen LogP contribution in [0.15, 0.2) is 23.1 Å². The Hall–Kier alpha value is -1.33. The number of rotatable bonds is 1. The average Bonchev–Trinajstić information content (AvgIpc) is 2.58. The predicted octanol–water partition coefficient (Wildman–Crippen LogP) is 3.18. The van der Waals surface area contributed by atoms with Gasteiger partial charge in [-0.2, -0.15) is 0 Å². The predicted molar refractivity (Wildman–Crippen MR) is 83.1 cm³/mol. The van der Waals surface area contributed by atoms with E-state index in [4.69, 9.17) is 12.2 Å². The van der Waals surface area contributed by atoms with Crippen LogP contribution in [-0.2, 0) is 10.2 Å². The topological polar surface area (TPSA) is 49.3 Å². The summed E-state index contributed by atoms with van der Waals surface area (Å²) in [5, 5.41) is 12.5. The van der Waals surface area contributed by atoms with E-state index in [1.54, 1.807) is 18.2 Å². The number of carbonyl (C=O) groups excluding carboxylic acids is 1. The first-order valence-electron chi connectivity index (χ1n) is 5.86. The van der Waals surface area contributed by atoms with E-state index >= 15 is 0 Å². The van der Waals surface area contributed by atoms with Gasteiger partial charge in [-0.3, -0.25) is 4.79 Å². The van der Waals surface area contributed by atoms with Crippen molar-refractivity contribution in [2.45, 2.75) is 26.2 Å². The molecule has 1 saturated heterocycles. The Kier molecular flexibility index (Phi) is 3.69. The summed E-state index contributed by atoms with van der Waals surface area (Å²) in [7, 11) is 0. The molecule has 1 aliphatic heterocycles. The normalized spacial score (nSPS) is 17.9. The summed E-state index contributed by atoms with van der Waals surface area (Å²) < 4.78 is 0.478. The van der Waals surface area contributed by atoms with Gasteiger partial charge in [-0.25, -0.2) is 0 Å². The number of hydrogen-bond donors (Lipinski definition) is 2. The number of nitrogens with one attached hydrogen (secondary N) is 1. The third-order valence-corrected chi connectivity index (χ3v) is 3.93. The fourth-order valence-corrected chi connectivity index (χ4v) is 2.86. The zero-order valence-corrected chi connectivity index (χ0v) is 12.6. The first kappa shape index (κ1) is 14.1. The van der Waals surface area contributed by atoms with Crippen molar-refractivity contribution in [1.82, 2.24) is 5.32 Å². The minimum atomic E-state index is -0.166. The SMILES string of the molecule is CC(C)(C)c1cc(C=C2SC(=S)NC2=O)ccc1O. The quantitative estimate of drug-likeness (QED) is 0.617. The van der Waals surface area contributed by atoms with Gasteiger partial charge < -0.3 is 10.4 Å². The summed E-state index contributed by atoms with van der Waals surface area (Å²) in [6, 6.07) is 5.34. The van der Waals surface area contributed by atoms with E-state index in [-0.39, 0.29) is 17.1 Å². The van der Waals surface area contributed by atoms with E-state index in [0.29, 0.717) is 9.23 Å². The molecule has 1 aliphatic rings. The van der Waals surface area contributed by atoms with Crippen molar-refractivity contribution >= 4 is 40.3 Å². The van der Waals surface area contributed by atoms with Crippen LogP contribution in [0.2, 0.25) is 0 Å². The van der Waals surface area contributed by atoms with Crippen LogP contribution in [0.4, 0.5) is 0 Å². The molecule has 0 aliphatic carbocycles. The smallest absolute Gasteiger partial charge is 0.263 e. The molecule has 1 fully saturated rings. The molecule has 1 aromatic carbocycles. The number of hydrogen-bond acceptors (Lipinski definition) is 4. The van der Waals surface area contributed by atoms with Crippen molar-refractivity contribution in [2.24, 2.45) is 0 Å². The number of thiocarbonyl (C=S) groups is 1. The van der Waals surface area contributed by atoms with Crippen LogP contribution in [-0.4, -0.2) is 15.3 Å². The molecule has 1 aromatic rings. The standard InChI is InChI=1S/C14H15NO2S2/c1-14(2,3)9-6-8(4-5-10(9)16)7-11-12(17)15-13(18)19-11/h4-7,16H,1-3H3,(H,15,17,18). The molecule has 0 bridgehead atoms. The van der Waals surface area contributed by atoms with Crippen molar-refractivity contribution in [3.63, 3.8) is 0 Å². The van der Waals surface area contributed by atoms with E-state index < -0.39 is 0 Å². The number of thioether (sulfide) groups is 1. The maximum Gasteiger partial charge on any atom is 0.263 e. The Bertz CT molecular complexity index is 586. The molecule has 2 rings (SSSR count). The summed E-state index contributed by atoms with van der Waals surface area (Å²) in [5.74, 6) is 0.106. The molecular formula is C14H15NO2S2. The fraction of sp³-hybridized carbons (Fsp3) is 0.286. The van der Waals surface area contributed by atoms with Gasteiger partial charge in [0.05, 0.1) is 4.91 Å². The summed E-state index contributed by atoms with van der Waals surface area (Å²) in [6.07, 6.45) is 1.79. The molecule has 2 N–H and O–H groups in total. The van der Waals surface area contributed by atoms with E-state index in [2.05, 4.69) is 5.32 Å². The monoisotopic (exact) mass is 293 g/mol. The lowest BCUT2D eigenvalue weighted by atomic mass is 9.85. The van der Waals surface area contributed by atoms with Crippen LogP contribution >= 0.6 is 24.0 Å². The lowest BCUT2D eigenvalue weighted by Gasteiger charge is -2.20. The second kappa shape index (κ2) is 4.98. The maximum atomic E-state index is 11.6. The van der Waals surface area contributed by atoms with Gasteiger partial charge in [0.2, 0.25) is 0 Å². The first-order chi connectivity index (χ1) is 8.77. The Morgan fingerprint density at radius 3 is 2.58 bits per heavy atom. The highest BCUT2D eigenvalue weighted by atomic mass is 32.2. The average molecular weight is 293 g/mol. The lowest BCUT2D eigenvalue weighted by Crippen LogP contribution is -2.17. The molecule has 5 heteroatoms. The number of benzene rings is 1. The summed E-state index contributed by atoms with van der Waals surface area (Å²) in [6.45, 7) is 6.10. The van der Waals surface area contributed by atoms with Crippen molar-refractivity contribution in [1.29, 1.82) is 0 Å². The van der Waals surface area contributed by atoms with Crippen LogP contribution in [0.5, 0.6) is 5.75 Å². The van der Waals surface area contributed by atoms with Crippen molar-refractivity contribution in [3.8, 4) is 5.75 Å². The van der Waals surface area contributed by atoms with Gasteiger partial charge in [-0.1, -0.05) is 50.8 Å². The van der Waals surface area contributed by atoms with Crippen LogP contribution in [0.3, 0.4) is 0 Å². The molecule has 3 nitrogen and oxygen atoms in total. The number of phenols is 1. The van der Waals surface area contributed by atoms with Gasteiger partial charge in [-0.15, -0.1) is 0 Å². The molecule has 0 radical (unpaired) electrons. The van der Waals surface area contributed by atoms with Gasteiger partial charge in [-0.05, 0) is 34.8 Å². The minimum Gasteiger partial charge on any atom is -0.508 e. The summed E-state index contributed by atoms with van der Waals surface area (Å²) >= 11 is 6.20. The summed E-state index contributed by atoms with van der Waals surface area (Å²) in [5.41, 5.74) is 1.58. The van der Waals surface area contributed by atoms with E-state index in [9.17, 15) is 9.90 Å². The minimum absolute atomic E-state index is 0.154. The first-order valence-corrected chi connectivity index (χ1v) is 7.08. The third kappa shape index (κ3) is 3.16. The van der Waals surface area contributed by atoms with Crippen LogP contribution < -0.4 is 5.32 Å². The van der Waals surface area contributed by atoms with E-state index in [0.717, 1.165) is 11.1 Å². The number of aromatic hydroxyl groups is 1. The largest absolute Gasteiger partial charge is 0.508 e. The van der Waals surface area contributed by atoms with Gasteiger partial charge >= 0.3 is 0 Å². The van der Waals surface area contributed by atoms with Crippen molar-refractivity contribution in [3.05, 3.63) is 34.2 Å². The maximum absolute atomic E-state index is 11.6. The Morgan fingerprint density at radius 1 is 1.37 bits per heavy atom. The molecule has 0 saturated carbocycles. The van der Waals surface area contributed by atoms with Gasteiger partial charge in [0.25, 0.3) is 5.91 Å². The number of amides is 1. The van der Waals surface area contributed by atoms with Crippen LogP contribution in [0.1, 0.15) is 31.9 Å². The Balaban J connectivity index is 2.40. The van der Waals surface area contributed by atoms with Gasteiger partial charge in [0.1, 0.15) is 10.1 Å². The highest BCUT2D eigenvalue weighted by molar-refractivity contribution is 8.26. The van der Waals surface area contributed by atoms with Crippen molar-refractivity contribution < 1.29 is 9.90 Å². The Morgan fingerprint density at radius 2 is 2.05 bits per heavy atom. The third-order valence-electron chi connectivity index (χ3n) is 2.77. The molecule has 19 heavy (non-hydrogen) atoms. The lowest BCUT2D eigenvalue weighted by molar-refractivity contribution is -0.115. The fourth-order valence-electron chi connectivity index (χ4n) is 1.82. The Labute approximate surface area is 122 Å². The highest BCUT2D eigenvalue weighted by Gasteiger charge is 2.23. The van der Waals surface area contributed by atoms with Crippen LogP contribution in [0, 0.1) is 0 Å². The zero-order chi connectivity index (χ0) is 14.2. The molecule has 1 amide bonds. The molecule has 100 valence electrons.